The van der Waals surface area contributed by atoms with Crippen LogP contribution < -0.4 is 14.5 Å². The number of ether oxygens (including phenoxy) is 2. The molecule has 2 bridgehead atoms. The third-order valence-corrected chi connectivity index (χ3v) is 10.2. The number of amides is 3. The van der Waals surface area contributed by atoms with Crippen LogP contribution in [-0.2, 0) is 19.1 Å². The van der Waals surface area contributed by atoms with E-state index in [1.165, 1.54) is 4.90 Å². The Hall–Kier alpha value is -3.66. The molecule has 2 unspecified atom stereocenters. The number of halogens is 1. The number of hydrogen-bond donors (Lipinski definition) is 1. The number of likely N-dealkylation sites (tertiary alicyclic amines) is 1. The SMILES string of the molecule is C=CCN(C(=O)C1N([C@@H](CC)CO)C(=O)[C@@H]2[C@H](C(=O)N(CC=C)c3ccc(OCC)cc3)[C@]3(CC)CCC12O3)c1ccc(Cl)cc1. The highest BCUT2D eigenvalue weighted by Gasteiger charge is 2.79. The van der Waals surface area contributed by atoms with Crippen molar-refractivity contribution in [2.75, 3.05) is 36.1 Å². The number of rotatable bonds is 14. The zero-order valence-corrected chi connectivity index (χ0v) is 27.6. The first-order valence-electron chi connectivity index (χ1n) is 16.1. The number of benzene rings is 2. The lowest BCUT2D eigenvalue weighted by Crippen LogP contribution is -2.59. The predicted octanol–water partition coefficient (Wildman–Crippen LogP) is 5.40. The molecule has 0 radical (unpaired) electrons. The van der Waals surface area contributed by atoms with E-state index in [4.69, 9.17) is 21.1 Å². The zero-order valence-electron chi connectivity index (χ0n) is 26.9. The van der Waals surface area contributed by atoms with Crippen molar-refractivity contribution in [2.24, 2.45) is 11.8 Å². The van der Waals surface area contributed by atoms with Gasteiger partial charge in [-0.25, -0.2) is 0 Å². The van der Waals surface area contributed by atoms with Crippen LogP contribution in [0.15, 0.2) is 73.8 Å². The van der Waals surface area contributed by atoms with Crippen molar-refractivity contribution >= 4 is 40.7 Å². The second kappa shape index (κ2) is 13.6. The van der Waals surface area contributed by atoms with Gasteiger partial charge in [-0.1, -0.05) is 37.6 Å². The van der Waals surface area contributed by atoms with E-state index < -0.39 is 35.1 Å². The van der Waals surface area contributed by atoms with E-state index in [-0.39, 0.29) is 37.4 Å². The first-order valence-corrected chi connectivity index (χ1v) is 16.5. The van der Waals surface area contributed by atoms with Gasteiger partial charge in [-0.15, -0.1) is 13.2 Å². The summed E-state index contributed by atoms with van der Waals surface area (Å²) < 4.78 is 12.6. The second-order valence-electron chi connectivity index (χ2n) is 12.2. The molecule has 3 aliphatic rings. The van der Waals surface area contributed by atoms with Crippen LogP contribution in [-0.4, -0.2) is 77.3 Å². The van der Waals surface area contributed by atoms with E-state index in [1.54, 1.807) is 46.2 Å². The topological polar surface area (TPSA) is 99.6 Å². The van der Waals surface area contributed by atoms with E-state index in [2.05, 4.69) is 13.2 Å². The zero-order chi connectivity index (χ0) is 33.2. The second-order valence-corrected chi connectivity index (χ2v) is 12.6. The van der Waals surface area contributed by atoms with E-state index in [0.29, 0.717) is 54.4 Å². The van der Waals surface area contributed by atoms with Crippen LogP contribution in [0.2, 0.25) is 5.02 Å². The standard InChI is InChI=1S/C36H44ClN3O6/c1-6-21-38(27-15-17-28(18-16-27)45-10-5)32(42)29-30-33(43)40(25(8-3)23-41)31(36(30)20-19-35(29,9-4)46-36)34(44)39(22-7-2)26-13-11-24(37)12-14-26/h6-7,11-18,25,29-31,41H,1-2,8-10,19-23H2,3-5H3/t25-,29+,30-,31?,35-,36?/m0/s1. The highest BCUT2D eigenvalue weighted by atomic mass is 35.5. The Morgan fingerprint density at radius 1 is 1.02 bits per heavy atom. The summed E-state index contributed by atoms with van der Waals surface area (Å²) in [5, 5.41) is 11.0. The van der Waals surface area contributed by atoms with Gasteiger partial charge < -0.3 is 29.3 Å². The van der Waals surface area contributed by atoms with E-state index in [0.717, 1.165) is 0 Å². The fourth-order valence-electron chi connectivity index (χ4n) is 7.85. The Balaban J connectivity index is 1.62. The van der Waals surface area contributed by atoms with E-state index in [9.17, 15) is 19.5 Å². The van der Waals surface area contributed by atoms with Gasteiger partial charge in [-0.2, -0.15) is 0 Å². The summed E-state index contributed by atoms with van der Waals surface area (Å²) in [6, 6.07) is 12.5. The van der Waals surface area contributed by atoms with E-state index >= 15 is 0 Å². The van der Waals surface area contributed by atoms with Gasteiger partial charge in [0.05, 0.1) is 36.7 Å². The third-order valence-electron chi connectivity index (χ3n) is 9.95. The third kappa shape index (κ3) is 5.42. The maximum atomic E-state index is 14.8. The Kier molecular flexibility index (Phi) is 9.96. The molecule has 246 valence electrons. The molecule has 6 atom stereocenters. The minimum absolute atomic E-state index is 0.182. The molecule has 1 spiro atoms. The first-order chi connectivity index (χ1) is 22.2. The van der Waals surface area contributed by atoms with Crippen LogP contribution in [0, 0.1) is 11.8 Å². The number of carbonyl (C=O) groups excluding carboxylic acids is 3. The molecule has 9 nitrogen and oxygen atoms in total. The molecule has 3 saturated heterocycles. The number of carbonyl (C=O) groups is 3. The van der Waals surface area contributed by atoms with Gasteiger partial charge in [-0.3, -0.25) is 14.4 Å². The van der Waals surface area contributed by atoms with Crippen molar-refractivity contribution in [2.45, 2.75) is 69.7 Å². The fraction of sp³-hybridized carbons (Fsp3) is 0.472. The molecular formula is C36H44ClN3O6. The summed E-state index contributed by atoms with van der Waals surface area (Å²) in [6.07, 6.45) is 5.15. The molecule has 46 heavy (non-hydrogen) atoms. The summed E-state index contributed by atoms with van der Waals surface area (Å²) in [7, 11) is 0. The normalized spacial score (nSPS) is 26.8. The van der Waals surface area contributed by atoms with Crippen molar-refractivity contribution in [3.05, 3.63) is 78.9 Å². The first kappa shape index (κ1) is 33.7. The summed E-state index contributed by atoms with van der Waals surface area (Å²) in [5.74, 6) is -2.01. The summed E-state index contributed by atoms with van der Waals surface area (Å²) >= 11 is 6.16. The highest BCUT2D eigenvalue weighted by molar-refractivity contribution is 6.30. The molecule has 1 N–H and O–H groups in total. The van der Waals surface area contributed by atoms with Crippen LogP contribution >= 0.6 is 11.6 Å². The van der Waals surface area contributed by atoms with E-state index in [1.807, 2.05) is 45.0 Å². The molecule has 3 heterocycles. The largest absolute Gasteiger partial charge is 0.494 e. The molecule has 5 rings (SSSR count). The van der Waals surface area contributed by atoms with Crippen molar-refractivity contribution in [3.63, 3.8) is 0 Å². The molecule has 3 amide bonds. The average Bonchev–Trinajstić information content (AvgIpc) is 3.67. The van der Waals surface area contributed by atoms with Crippen molar-refractivity contribution in [3.8, 4) is 5.75 Å². The molecular weight excluding hydrogens is 606 g/mol. The van der Waals surface area contributed by atoms with Crippen LogP contribution in [0.25, 0.3) is 0 Å². The molecule has 10 heteroatoms. The predicted molar refractivity (Wildman–Crippen MR) is 179 cm³/mol. The summed E-state index contributed by atoms with van der Waals surface area (Å²) in [5.41, 5.74) is -0.945. The number of aliphatic hydroxyl groups excluding tert-OH is 1. The van der Waals surface area contributed by atoms with Gasteiger partial charge in [0, 0.05) is 29.5 Å². The molecule has 0 saturated carbocycles. The maximum absolute atomic E-state index is 14.8. The molecule has 2 aromatic rings. The van der Waals surface area contributed by atoms with Gasteiger partial charge >= 0.3 is 0 Å². The highest BCUT2D eigenvalue weighted by Crippen LogP contribution is 2.65. The molecule has 3 aliphatic heterocycles. The molecule has 0 aliphatic carbocycles. The summed E-state index contributed by atoms with van der Waals surface area (Å²) in [6.45, 7) is 14.1. The van der Waals surface area contributed by atoms with Gasteiger partial charge in [0.15, 0.2) is 0 Å². The number of anilines is 2. The van der Waals surface area contributed by atoms with Gasteiger partial charge in [0.1, 0.15) is 17.4 Å². The van der Waals surface area contributed by atoms with Gasteiger partial charge in [0.2, 0.25) is 11.8 Å². The molecule has 3 fully saturated rings. The quantitative estimate of drug-likeness (QED) is 0.275. The van der Waals surface area contributed by atoms with Crippen LogP contribution in [0.3, 0.4) is 0 Å². The number of hydrogen-bond acceptors (Lipinski definition) is 6. The number of aliphatic hydroxyl groups is 1. The number of nitrogens with zero attached hydrogens (tertiary/aromatic N) is 3. The van der Waals surface area contributed by atoms with Gasteiger partial charge in [0.25, 0.3) is 5.91 Å². The lowest BCUT2D eigenvalue weighted by atomic mass is 9.64. The maximum Gasteiger partial charge on any atom is 0.253 e. The number of fused-ring (bicyclic) bond motifs is 1. The smallest absolute Gasteiger partial charge is 0.253 e. The van der Waals surface area contributed by atoms with Crippen molar-refractivity contribution in [1.82, 2.24) is 4.90 Å². The average molecular weight is 650 g/mol. The lowest BCUT2D eigenvalue weighted by Gasteiger charge is -2.39. The fourth-order valence-corrected chi connectivity index (χ4v) is 7.97. The van der Waals surface area contributed by atoms with Gasteiger partial charge in [-0.05, 0) is 81.1 Å². The Morgan fingerprint density at radius 2 is 1.61 bits per heavy atom. The Bertz CT molecular complexity index is 1460. The van der Waals surface area contributed by atoms with Crippen LogP contribution in [0.1, 0.15) is 46.5 Å². The molecule has 2 aromatic carbocycles. The minimum atomic E-state index is -1.25. The lowest BCUT2D eigenvalue weighted by molar-refractivity contribution is -0.149. The van der Waals surface area contributed by atoms with Crippen molar-refractivity contribution in [1.29, 1.82) is 0 Å². The Labute approximate surface area is 276 Å². The van der Waals surface area contributed by atoms with Crippen molar-refractivity contribution < 1.29 is 29.0 Å². The minimum Gasteiger partial charge on any atom is -0.494 e. The van der Waals surface area contributed by atoms with Crippen LogP contribution in [0.4, 0.5) is 11.4 Å². The van der Waals surface area contributed by atoms with Crippen LogP contribution in [0.5, 0.6) is 5.75 Å². The summed E-state index contributed by atoms with van der Waals surface area (Å²) in [4.78, 5) is 49.1. The molecule has 0 aromatic heterocycles. The Morgan fingerprint density at radius 3 is 2.13 bits per heavy atom. The monoisotopic (exact) mass is 649 g/mol.